The van der Waals surface area contributed by atoms with Crippen LogP contribution in [0.25, 0.3) is 0 Å². The van der Waals surface area contributed by atoms with Crippen molar-refractivity contribution in [1.29, 1.82) is 0 Å². The molecule has 2 heterocycles. The number of piperazine rings is 1. The Balaban J connectivity index is 2.12. The molecule has 0 radical (unpaired) electrons. The molecule has 2 rings (SSSR count). The Labute approximate surface area is 104 Å². The van der Waals surface area contributed by atoms with E-state index in [9.17, 15) is 0 Å². The normalized spacial score (nSPS) is 20.4. The van der Waals surface area contributed by atoms with Crippen molar-refractivity contribution in [3.8, 4) is 0 Å². The fraction of sp³-hybridized carbons (Fsp3) is 0.643. The van der Waals surface area contributed by atoms with Crippen molar-refractivity contribution in [3.05, 3.63) is 30.1 Å². The molecular weight excluding hydrogens is 210 g/mol. The smallest absolute Gasteiger partial charge is 0.0544 e. The van der Waals surface area contributed by atoms with Crippen LogP contribution in [0, 0.1) is 0 Å². The first-order chi connectivity index (χ1) is 8.30. The molecule has 0 aliphatic carbocycles. The van der Waals surface area contributed by atoms with E-state index in [1.165, 1.54) is 18.5 Å². The zero-order valence-corrected chi connectivity index (χ0v) is 10.9. The van der Waals surface area contributed by atoms with Gasteiger partial charge >= 0.3 is 0 Å². The number of rotatable bonds is 4. The number of aromatic nitrogens is 1. The highest BCUT2D eigenvalue weighted by Crippen LogP contribution is 2.26. The van der Waals surface area contributed by atoms with Crippen molar-refractivity contribution >= 4 is 0 Å². The second kappa shape index (κ2) is 5.61. The third-order valence-electron chi connectivity index (χ3n) is 4.08. The molecule has 0 amide bonds. The van der Waals surface area contributed by atoms with Gasteiger partial charge < -0.3 is 5.32 Å². The topological polar surface area (TPSA) is 28.2 Å². The van der Waals surface area contributed by atoms with Gasteiger partial charge in [0.2, 0.25) is 0 Å². The predicted octanol–water partition coefficient (Wildman–Crippen LogP) is 2.05. The van der Waals surface area contributed by atoms with Gasteiger partial charge in [0.1, 0.15) is 0 Å². The van der Waals surface area contributed by atoms with Crippen LogP contribution in [0.2, 0.25) is 0 Å². The minimum absolute atomic E-state index is 0.315. The van der Waals surface area contributed by atoms with Gasteiger partial charge in [0.25, 0.3) is 0 Å². The van der Waals surface area contributed by atoms with E-state index < -0.39 is 0 Å². The zero-order chi connectivity index (χ0) is 12.1. The van der Waals surface area contributed by atoms with Crippen LogP contribution in [0.3, 0.4) is 0 Å². The van der Waals surface area contributed by atoms with Gasteiger partial charge in [0.05, 0.1) is 5.69 Å². The maximum atomic E-state index is 4.44. The minimum Gasteiger partial charge on any atom is -0.314 e. The lowest BCUT2D eigenvalue weighted by atomic mass is 9.88. The van der Waals surface area contributed by atoms with Gasteiger partial charge in [0.15, 0.2) is 0 Å². The van der Waals surface area contributed by atoms with Gasteiger partial charge in [-0.15, -0.1) is 0 Å². The standard InChI is InChI=1S/C14H23N3/c1-3-14(4-2)12-15-9-10-17(14)11-13-7-5-6-8-16-13/h5-8,15H,3-4,9-12H2,1-2H3. The second-order valence-electron chi connectivity index (χ2n) is 4.85. The van der Waals surface area contributed by atoms with Crippen LogP contribution in [-0.2, 0) is 6.54 Å². The van der Waals surface area contributed by atoms with E-state index in [4.69, 9.17) is 0 Å². The van der Waals surface area contributed by atoms with E-state index in [1.807, 2.05) is 12.3 Å². The van der Waals surface area contributed by atoms with Crippen LogP contribution in [-0.4, -0.2) is 35.1 Å². The van der Waals surface area contributed by atoms with Gasteiger partial charge in [-0.05, 0) is 25.0 Å². The summed E-state index contributed by atoms with van der Waals surface area (Å²) in [6.07, 6.45) is 4.28. The quantitative estimate of drug-likeness (QED) is 0.862. The molecule has 0 aromatic carbocycles. The molecule has 94 valence electrons. The summed E-state index contributed by atoms with van der Waals surface area (Å²) in [5.74, 6) is 0. The van der Waals surface area contributed by atoms with E-state index in [-0.39, 0.29) is 0 Å². The Kier molecular flexibility index (Phi) is 4.13. The van der Waals surface area contributed by atoms with Crippen LogP contribution in [0.4, 0.5) is 0 Å². The molecule has 1 aliphatic rings. The average Bonchev–Trinajstić information content (AvgIpc) is 2.41. The van der Waals surface area contributed by atoms with Crippen LogP contribution >= 0.6 is 0 Å². The summed E-state index contributed by atoms with van der Waals surface area (Å²) >= 11 is 0. The first-order valence-electron chi connectivity index (χ1n) is 6.66. The molecule has 1 fully saturated rings. The largest absolute Gasteiger partial charge is 0.314 e. The molecule has 17 heavy (non-hydrogen) atoms. The molecule has 0 atom stereocenters. The van der Waals surface area contributed by atoms with E-state index in [0.29, 0.717) is 5.54 Å². The first-order valence-corrected chi connectivity index (χ1v) is 6.66. The maximum absolute atomic E-state index is 4.44. The summed E-state index contributed by atoms with van der Waals surface area (Å²) in [6, 6.07) is 6.18. The van der Waals surface area contributed by atoms with E-state index >= 15 is 0 Å². The van der Waals surface area contributed by atoms with Crippen LogP contribution in [0.5, 0.6) is 0 Å². The molecule has 1 N–H and O–H groups in total. The minimum atomic E-state index is 0.315. The molecular formula is C14H23N3. The van der Waals surface area contributed by atoms with Crippen molar-refractivity contribution in [2.75, 3.05) is 19.6 Å². The summed E-state index contributed by atoms with van der Waals surface area (Å²) in [4.78, 5) is 7.05. The Bertz CT molecular complexity index is 333. The molecule has 0 unspecified atom stereocenters. The second-order valence-corrected chi connectivity index (χ2v) is 4.85. The lowest BCUT2D eigenvalue weighted by molar-refractivity contribution is 0.0437. The zero-order valence-electron chi connectivity index (χ0n) is 10.9. The van der Waals surface area contributed by atoms with Gasteiger partial charge in [0, 0.05) is 37.9 Å². The van der Waals surface area contributed by atoms with Crippen molar-refractivity contribution in [2.24, 2.45) is 0 Å². The number of hydrogen-bond acceptors (Lipinski definition) is 3. The fourth-order valence-electron chi connectivity index (χ4n) is 2.77. The highest BCUT2D eigenvalue weighted by molar-refractivity contribution is 5.05. The Morgan fingerprint density at radius 1 is 1.35 bits per heavy atom. The van der Waals surface area contributed by atoms with E-state index in [0.717, 1.165) is 26.2 Å². The van der Waals surface area contributed by atoms with Gasteiger partial charge in [-0.1, -0.05) is 19.9 Å². The highest BCUT2D eigenvalue weighted by atomic mass is 15.3. The molecule has 0 spiro atoms. The molecule has 3 nitrogen and oxygen atoms in total. The third kappa shape index (κ3) is 2.67. The lowest BCUT2D eigenvalue weighted by Gasteiger charge is -2.47. The predicted molar refractivity (Wildman–Crippen MR) is 70.8 cm³/mol. The Hall–Kier alpha value is -0.930. The fourth-order valence-corrected chi connectivity index (χ4v) is 2.77. The summed E-state index contributed by atoms with van der Waals surface area (Å²) in [6.45, 7) is 8.88. The van der Waals surface area contributed by atoms with Crippen molar-refractivity contribution in [1.82, 2.24) is 15.2 Å². The number of nitrogens with zero attached hydrogens (tertiary/aromatic N) is 2. The molecule has 3 heteroatoms. The summed E-state index contributed by atoms with van der Waals surface area (Å²) in [7, 11) is 0. The highest BCUT2D eigenvalue weighted by Gasteiger charge is 2.35. The maximum Gasteiger partial charge on any atom is 0.0544 e. The van der Waals surface area contributed by atoms with Crippen molar-refractivity contribution < 1.29 is 0 Å². The van der Waals surface area contributed by atoms with Crippen molar-refractivity contribution in [3.63, 3.8) is 0 Å². The molecule has 1 aromatic rings. The molecule has 0 bridgehead atoms. The average molecular weight is 233 g/mol. The Morgan fingerprint density at radius 3 is 2.82 bits per heavy atom. The van der Waals surface area contributed by atoms with Crippen molar-refractivity contribution in [2.45, 2.75) is 38.8 Å². The monoisotopic (exact) mass is 233 g/mol. The summed E-state index contributed by atoms with van der Waals surface area (Å²) < 4.78 is 0. The third-order valence-corrected chi connectivity index (χ3v) is 4.08. The van der Waals surface area contributed by atoms with Crippen LogP contribution in [0.1, 0.15) is 32.4 Å². The summed E-state index contributed by atoms with van der Waals surface area (Å²) in [5, 5.41) is 3.53. The first kappa shape index (κ1) is 12.5. The SMILES string of the molecule is CCC1(CC)CNCCN1Cc1ccccn1. The number of pyridine rings is 1. The number of nitrogens with one attached hydrogen (secondary N) is 1. The number of hydrogen-bond donors (Lipinski definition) is 1. The van der Waals surface area contributed by atoms with Gasteiger partial charge in [-0.3, -0.25) is 9.88 Å². The van der Waals surface area contributed by atoms with E-state index in [2.05, 4.69) is 41.2 Å². The van der Waals surface area contributed by atoms with Gasteiger partial charge in [-0.2, -0.15) is 0 Å². The summed E-state index contributed by atoms with van der Waals surface area (Å²) in [5.41, 5.74) is 1.50. The molecule has 1 aromatic heterocycles. The molecule has 0 saturated carbocycles. The van der Waals surface area contributed by atoms with Crippen LogP contribution < -0.4 is 5.32 Å². The Morgan fingerprint density at radius 2 is 2.18 bits per heavy atom. The molecule has 1 saturated heterocycles. The van der Waals surface area contributed by atoms with E-state index in [1.54, 1.807) is 0 Å². The molecule has 1 aliphatic heterocycles. The lowest BCUT2D eigenvalue weighted by Crippen LogP contribution is -2.60. The van der Waals surface area contributed by atoms with Crippen LogP contribution in [0.15, 0.2) is 24.4 Å². The van der Waals surface area contributed by atoms with Gasteiger partial charge in [-0.25, -0.2) is 0 Å².